The molecule has 0 radical (unpaired) electrons. The average molecular weight is 285 g/mol. The highest BCUT2D eigenvalue weighted by Crippen LogP contribution is 2.31. The SMILES string of the molecule is COc1ccc(C(C(C)=O)C(O)c2cccc(C)n2)cc1. The number of aromatic nitrogens is 1. The zero-order valence-electron chi connectivity index (χ0n) is 12.4. The van der Waals surface area contributed by atoms with Crippen molar-refractivity contribution in [2.24, 2.45) is 0 Å². The Balaban J connectivity index is 2.35. The van der Waals surface area contributed by atoms with E-state index in [1.54, 1.807) is 37.4 Å². The third kappa shape index (κ3) is 3.47. The summed E-state index contributed by atoms with van der Waals surface area (Å²) in [4.78, 5) is 16.3. The fraction of sp³-hybridized carbons (Fsp3) is 0.294. The molecular weight excluding hydrogens is 266 g/mol. The van der Waals surface area contributed by atoms with Crippen molar-refractivity contribution in [3.8, 4) is 5.75 Å². The molecule has 0 bridgehead atoms. The first-order valence-electron chi connectivity index (χ1n) is 6.79. The Morgan fingerprint density at radius 2 is 1.86 bits per heavy atom. The lowest BCUT2D eigenvalue weighted by Crippen LogP contribution is -2.19. The molecule has 2 unspecified atom stereocenters. The molecule has 0 saturated carbocycles. The van der Waals surface area contributed by atoms with Gasteiger partial charge in [-0.1, -0.05) is 18.2 Å². The van der Waals surface area contributed by atoms with Crippen molar-refractivity contribution < 1.29 is 14.6 Å². The normalized spacial score (nSPS) is 13.5. The van der Waals surface area contributed by atoms with Gasteiger partial charge in [-0.2, -0.15) is 0 Å². The van der Waals surface area contributed by atoms with E-state index >= 15 is 0 Å². The van der Waals surface area contributed by atoms with Crippen LogP contribution in [0.5, 0.6) is 5.75 Å². The van der Waals surface area contributed by atoms with Crippen LogP contribution in [0, 0.1) is 6.92 Å². The molecule has 1 heterocycles. The van der Waals surface area contributed by atoms with E-state index in [2.05, 4.69) is 4.98 Å². The van der Waals surface area contributed by atoms with Gasteiger partial charge in [0.25, 0.3) is 0 Å². The topological polar surface area (TPSA) is 59.4 Å². The number of ether oxygens (including phenoxy) is 1. The number of carbonyl (C=O) groups is 1. The largest absolute Gasteiger partial charge is 0.497 e. The Hall–Kier alpha value is -2.20. The second-order valence-electron chi connectivity index (χ2n) is 5.01. The van der Waals surface area contributed by atoms with Crippen LogP contribution in [-0.2, 0) is 4.79 Å². The lowest BCUT2D eigenvalue weighted by molar-refractivity contribution is -0.121. The molecule has 1 aromatic carbocycles. The van der Waals surface area contributed by atoms with Crippen molar-refractivity contribution in [3.63, 3.8) is 0 Å². The smallest absolute Gasteiger partial charge is 0.140 e. The van der Waals surface area contributed by atoms with E-state index in [1.165, 1.54) is 6.92 Å². The maximum Gasteiger partial charge on any atom is 0.140 e. The summed E-state index contributed by atoms with van der Waals surface area (Å²) in [5, 5.41) is 10.5. The van der Waals surface area contributed by atoms with Gasteiger partial charge in [0.1, 0.15) is 17.6 Å². The van der Waals surface area contributed by atoms with Crippen molar-refractivity contribution in [1.29, 1.82) is 0 Å². The molecule has 21 heavy (non-hydrogen) atoms. The zero-order chi connectivity index (χ0) is 15.4. The summed E-state index contributed by atoms with van der Waals surface area (Å²) in [6, 6.07) is 12.6. The minimum atomic E-state index is -0.962. The summed E-state index contributed by atoms with van der Waals surface area (Å²) >= 11 is 0. The van der Waals surface area contributed by atoms with E-state index in [1.807, 2.05) is 19.1 Å². The lowest BCUT2D eigenvalue weighted by atomic mass is 9.88. The first kappa shape index (κ1) is 15.2. The first-order chi connectivity index (χ1) is 10.0. The van der Waals surface area contributed by atoms with E-state index in [0.717, 1.165) is 11.3 Å². The number of nitrogens with zero attached hydrogens (tertiary/aromatic N) is 1. The number of rotatable bonds is 5. The molecule has 110 valence electrons. The summed E-state index contributed by atoms with van der Waals surface area (Å²) in [6.45, 7) is 3.33. The highest BCUT2D eigenvalue weighted by atomic mass is 16.5. The number of pyridine rings is 1. The van der Waals surface area contributed by atoms with Gasteiger partial charge in [-0.25, -0.2) is 0 Å². The molecule has 4 nitrogen and oxygen atoms in total. The molecule has 2 atom stereocenters. The van der Waals surface area contributed by atoms with Gasteiger partial charge in [-0.05, 0) is 43.7 Å². The highest BCUT2D eigenvalue weighted by Gasteiger charge is 2.28. The summed E-state index contributed by atoms with van der Waals surface area (Å²) < 4.78 is 5.11. The molecule has 0 amide bonds. The predicted octanol–water partition coefficient (Wildman–Crippen LogP) is 2.80. The average Bonchev–Trinajstić information content (AvgIpc) is 2.47. The van der Waals surface area contributed by atoms with Gasteiger partial charge in [-0.3, -0.25) is 9.78 Å². The van der Waals surface area contributed by atoms with Crippen LogP contribution in [0.15, 0.2) is 42.5 Å². The Morgan fingerprint density at radius 1 is 1.19 bits per heavy atom. The Bertz CT molecular complexity index is 622. The quantitative estimate of drug-likeness (QED) is 0.917. The van der Waals surface area contributed by atoms with E-state index in [4.69, 9.17) is 4.74 Å². The van der Waals surface area contributed by atoms with E-state index < -0.39 is 12.0 Å². The number of Topliss-reactive ketones (excluding diaryl/α,β-unsaturated/α-hetero) is 1. The van der Waals surface area contributed by atoms with Crippen LogP contribution in [0.3, 0.4) is 0 Å². The molecule has 0 aliphatic rings. The second-order valence-corrected chi connectivity index (χ2v) is 5.01. The van der Waals surface area contributed by atoms with Crippen LogP contribution < -0.4 is 4.74 Å². The molecule has 0 aliphatic carbocycles. The number of aliphatic hydroxyl groups is 1. The number of aliphatic hydroxyl groups excluding tert-OH is 1. The predicted molar refractivity (Wildman–Crippen MR) is 80.3 cm³/mol. The lowest BCUT2D eigenvalue weighted by Gasteiger charge is -2.21. The molecule has 0 fully saturated rings. The molecule has 1 N–H and O–H groups in total. The second kappa shape index (κ2) is 6.50. The minimum Gasteiger partial charge on any atom is -0.497 e. The molecular formula is C17H19NO3. The van der Waals surface area contributed by atoms with Gasteiger partial charge in [0, 0.05) is 5.69 Å². The van der Waals surface area contributed by atoms with Crippen molar-refractivity contribution >= 4 is 5.78 Å². The van der Waals surface area contributed by atoms with Gasteiger partial charge in [0.05, 0.1) is 18.7 Å². The fourth-order valence-electron chi connectivity index (χ4n) is 2.35. The molecule has 2 aromatic rings. The molecule has 4 heteroatoms. The van der Waals surface area contributed by atoms with Crippen LogP contribution in [0.2, 0.25) is 0 Å². The van der Waals surface area contributed by atoms with Crippen LogP contribution in [0.4, 0.5) is 0 Å². The molecule has 0 saturated heterocycles. The summed E-state index contributed by atoms with van der Waals surface area (Å²) in [6.07, 6.45) is -0.962. The number of methoxy groups -OCH3 is 1. The van der Waals surface area contributed by atoms with Gasteiger partial charge in [-0.15, -0.1) is 0 Å². The van der Waals surface area contributed by atoms with Gasteiger partial charge in [0.2, 0.25) is 0 Å². The van der Waals surface area contributed by atoms with Gasteiger partial charge in [0.15, 0.2) is 0 Å². The first-order valence-corrected chi connectivity index (χ1v) is 6.79. The van der Waals surface area contributed by atoms with E-state index in [0.29, 0.717) is 11.4 Å². The Kier molecular flexibility index (Phi) is 4.70. The number of hydrogen-bond donors (Lipinski definition) is 1. The Labute approximate surface area is 124 Å². The number of aryl methyl sites for hydroxylation is 1. The molecule has 0 aliphatic heterocycles. The summed E-state index contributed by atoms with van der Waals surface area (Å²) in [5.74, 6) is -0.0228. The standard InChI is InChI=1S/C17H19NO3/c1-11-5-4-6-15(18-11)17(20)16(12(2)19)13-7-9-14(21-3)10-8-13/h4-10,16-17,20H,1-3H3. The van der Waals surface area contributed by atoms with Crippen LogP contribution in [-0.4, -0.2) is 23.0 Å². The molecule has 2 rings (SSSR count). The highest BCUT2D eigenvalue weighted by molar-refractivity contribution is 5.84. The van der Waals surface area contributed by atoms with Gasteiger partial charge < -0.3 is 9.84 Å². The number of hydrogen-bond acceptors (Lipinski definition) is 4. The summed E-state index contributed by atoms with van der Waals surface area (Å²) in [5.41, 5.74) is 2.06. The minimum absolute atomic E-state index is 0.101. The summed E-state index contributed by atoms with van der Waals surface area (Å²) in [7, 11) is 1.59. The number of ketones is 1. The van der Waals surface area contributed by atoms with Crippen LogP contribution in [0.1, 0.15) is 35.9 Å². The fourth-order valence-corrected chi connectivity index (χ4v) is 2.35. The van der Waals surface area contributed by atoms with E-state index in [-0.39, 0.29) is 5.78 Å². The zero-order valence-corrected chi connectivity index (χ0v) is 12.4. The maximum atomic E-state index is 12.0. The van der Waals surface area contributed by atoms with Crippen molar-refractivity contribution in [1.82, 2.24) is 4.98 Å². The van der Waals surface area contributed by atoms with Crippen molar-refractivity contribution in [3.05, 3.63) is 59.4 Å². The van der Waals surface area contributed by atoms with Crippen LogP contribution >= 0.6 is 0 Å². The molecule has 0 spiro atoms. The number of benzene rings is 1. The van der Waals surface area contributed by atoms with Crippen molar-refractivity contribution in [2.75, 3.05) is 7.11 Å². The molecule has 1 aromatic heterocycles. The Morgan fingerprint density at radius 3 is 2.38 bits per heavy atom. The number of carbonyl (C=O) groups excluding carboxylic acids is 1. The third-order valence-electron chi connectivity index (χ3n) is 3.44. The van der Waals surface area contributed by atoms with Crippen LogP contribution in [0.25, 0.3) is 0 Å². The van der Waals surface area contributed by atoms with E-state index in [9.17, 15) is 9.90 Å². The monoisotopic (exact) mass is 285 g/mol. The van der Waals surface area contributed by atoms with Gasteiger partial charge >= 0.3 is 0 Å². The van der Waals surface area contributed by atoms with Crippen molar-refractivity contribution in [2.45, 2.75) is 25.9 Å². The third-order valence-corrected chi connectivity index (χ3v) is 3.44. The maximum absolute atomic E-state index is 12.0.